The molecule has 2 N–H and O–H groups in total. The van der Waals surface area contributed by atoms with Crippen LogP contribution in [0, 0.1) is 11.3 Å². The van der Waals surface area contributed by atoms with Gasteiger partial charge in [0, 0.05) is 13.1 Å². The zero-order valence-corrected chi connectivity index (χ0v) is 7.59. The van der Waals surface area contributed by atoms with Crippen LogP contribution in [0.15, 0.2) is 0 Å². The molecule has 0 aromatic heterocycles. The number of carbonyl (C=O) groups excluding carboxylic acids is 1. The first-order valence-electron chi connectivity index (χ1n) is 4.15. The third kappa shape index (κ3) is 3.01. The van der Waals surface area contributed by atoms with Gasteiger partial charge in [-0.25, -0.2) is 0 Å². The highest BCUT2D eigenvalue weighted by atomic mass is 16.5. The lowest BCUT2D eigenvalue weighted by atomic mass is 10.0. The van der Waals surface area contributed by atoms with Crippen molar-refractivity contribution in [3.05, 3.63) is 0 Å². The first kappa shape index (κ1) is 9.96. The van der Waals surface area contributed by atoms with Gasteiger partial charge in [-0.3, -0.25) is 4.79 Å². The van der Waals surface area contributed by atoms with Gasteiger partial charge in [-0.1, -0.05) is 0 Å². The minimum atomic E-state index is -0.241. The van der Waals surface area contributed by atoms with Crippen molar-refractivity contribution in [3.63, 3.8) is 0 Å². The molecule has 1 saturated heterocycles. The van der Waals surface area contributed by atoms with Crippen molar-refractivity contribution < 1.29 is 9.53 Å². The first-order chi connectivity index (χ1) is 6.16. The zero-order valence-electron chi connectivity index (χ0n) is 7.59. The van der Waals surface area contributed by atoms with Crippen molar-refractivity contribution >= 4 is 5.91 Å². The van der Waals surface area contributed by atoms with E-state index in [1.54, 1.807) is 0 Å². The second-order valence-corrected chi connectivity index (χ2v) is 3.28. The van der Waals surface area contributed by atoms with Crippen molar-refractivity contribution in [2.24, 2.45) is 0 Å². The molecule has 13 heavy (non-hydrogen) atoms. The van der Waals surface area contributed by atoms with Gasteiger partial charge in [-0.2, -0.15) is 5.26 Å². The Morgan fingerprint density at radius 2 is 2.46 bits per heavy atom. The van der Waals surface area contributed by atoms with Crippen molar-refractivity contribution in [1.29, 1.82) is 5.26 Å². The Hall–Kier alpha value is -1.12. The number of ether oxygens (including phenoxy) is 1. The number of hydrogen-bond donors (Lipinski definition) is 2. The average molecular weight is 183 g/mol. The van der Waals surface area contributed by atoms with Crippen LogP contribution in [0.2, 0.25) is 0 Å². The first-order valence-corrected chi connectivity index (χ1v) is 4.15. The van der Waals surface area contributed by atoms with E-state index in [1.807, 2.05) is 13.0 Å². The fourth-order valence-electron chi connectivity index (χ4n) is 1.01. The lowest BCUT2D eigenvalue weighted by Crippen LogP contribution is -2.59. The monoisotopic (exact) mass is 183 g/mol. The lowest BCUT2D eigenvalue weighted by Gasteiger charge is -2.38. The molecule has 0 aliphatic carbocycles. The van der Waals surface area contributed by atoms with Gasteiger partial charge >= 0.3 is 0 Å². The van der Waals surface area contributed by atoms with Crippen LogP contribution >= 0.6 is 0 Å². The molecular formula is C8H13N3O2. The highest BCUT2D eigenvalue weighted by molar-refractivity contribution is 5.77. The van der Waals surface area contributed by atoms with Crippen LogP contribution in [0.4, 0.5) is 0 Å². The van der Waals surface area contributed by atoms with Crippen LogP contribution in [0.5, 0.6) is 0 Å². The summed E-state index contributed by atoms with van der Waals surface area (Å²) < 4.78 is 5.34. The number of nitrogens with one attached hydrogen (secondary N) is 2. The summed E-state index contributed by atoms with van der Waals surface area (Å²) in [5.41, 5.74) is -0.204. The minimum absolute atomic E-state index is 0.0276. The number of nitrogens with zero attached hydrogens (tertiary/aromatic N) is 1. The van der Waals surface area contributed by atoms with Crippen LogP contribution in [0.3, 0.4) is 0 Å². The molecule has 1 fully saturated rings. The summed E-state index contributed by atoms with van der Waals surface area (Å²) in [6, 6.07) is 1.82. The predicted octanol–water partition coefficient (Wildman–Crippen LogP) is -0.995. The molecule has 5 nitrogen and oxygen atoms in total. The molecule has 0 saturated carbocycles. The van der Waals surface area contributed by atoms with E-state index >= 15 is 0 Å². The van der Waals surface area contributed by atoms with Gasteiger partial charge in [-0.15, -0.1) is 0 Å². The highest BCUT2D eigenvalue weighted by Gasteiger charge is 2.32. The van der Waals surface area contributed by atoms with Gasteiger partial charge in [0.2, 0.25) is 5.91 Å². The molecule has 72 valence electrons. The SMILES string of the molecule is CC1(OCC(=O)NCC#N)CNC1. The Labute approximate surface area is 77.1 Å². The quantitative estimate of drug-likeness (QED) is 0.548. The molecule has 0 bridgehead atoms. The topological polar surface area (TPSA) is 74.1 Å². The summed E-state index contributed by atoms with van der Waals surface area (Å²) in [5.74, 6) is -0.241. The maximum Gasteiger partial charge on any atom is 0.246 e. The van der Waals surface area contributed by atoms with E-state index in [0.29, 0.717) is 0 Å². The van der Waals surface area contributed by atoms with Crippen LogP contribution in [-0.4, -0.2) is 37.7 Å². The summed E-state index contributed by atoms with van der Waals surface area (Å²) in [7, 11) is 0. The van der Waals surface area contributed by atoms with E-state index in [1.165, 1.54) is 0 Å². The van der Waals surface area contributed by atoms with Crippen molar-refractivity contribution in [2.45, 2.75) is 12.5 Å². The predicted molar refractivity (Wildman–Crippen MR) is 45.8 cm³/mol. The van der Waals surface area contributed by atoms with Gasteiger partial charge < -0.3 is 15.4 Å². The van der Waals surface area contributed by atoms with E-state index in [2.05, 4.69) is 10.6 Å². The normalized spacial score (nSPS) is 18.5. The number of hydrogen-bond acceptors (Lipinski definition) is 4. The largest absolute Gasteiger partial charge is 0.363 e. The number of nitriles is 1. The molecule has 1 aliphatic heterocycles. The molecule has 1 amide bonds. The molecule has 1 aliphatic rings. The minimum Gasteiger partial charge on any atom is -0.363 e. The van der Waals surface area contributed by atoms with E-state index < -0.39 is 0 Å². The van der Waals surface area contributed by atoms with Crippen LogP contribution in [-0.2, 0) is 9.53 Å². The average Bonchev–Trinajstić information content (AvgIpc) is 2.08. The van der Waals surface area contributed by atoms with Gasteiger partial charge in [-0.05, 0) is 6.92 Å². The molecule has 5 heteroatoms. The van der Waals surface area contributed by atoms with Gasteiger partial charge in [0.05, 0.1) is 11.7 Å². The molecule has 0 aromatic carbocycles. The van der Waals surface area contributed by atoms with E-state index in [4.69, 9.17) is 10.00 Å². The third-order valence-electron chi connectivity index (χ3n) is 1.91. The van der Waals surface area contributed by atoms with Crippen LogP contribution in [0.25, 0.3) is 0 Å². The molecule has 0 atom stereocenters. The fraction of sp³-hybridized carbons (Fsp3) is 0.750. The van der Waals surface area contributed by atoms with Crippen LogP contribution in [0.1, 0.15) is 6.92 Å². The van der Waals surface area contributed by atoms with E-state index in [-0.39, 0.29) is 24.7 Å². The van der Waals surface area contributed by atoms with Crippen molar-refractivity contribution in [3.8, 4) is 6.07 Å². The molecule has 1 heterocycles. The van der Waals surface area contributed by atoms with Crippen molar-refractivity contribution in [2.75, 3.05) is 26.2 Å². The van der Waals surface area contributed by atoms with Crippen molar-refractivity contribution in [1.82, 2.24) is 10.6 Å². The van der Waals surface area contributed by atoms with Gasteiger partial charge in [0.25, 0.3) is 0 Å². The molecular weight excluding hydrogens is 170 g/mol. The second kappa shape index (κ2) is 4.21. The Morgan fingerprint density at radius 1 is 1.77 bits per heavy atom. The molecule has 0 radical (unpaired) electrons. The van der Waals surface area contributed by atoms with Gasteiger partial charge in [0.15, 0.2) is 0 Å². The maximum atomic E-state index is 11.0. The third-order valence-corrected chi connectivity index (χ3v) is 1.91. The number of carbonyl (C=O) groups is 1. The summed E-state index contributed by atoms with van der Waals surface area (Å²) in [4.78, 5) is 11.0. The number of rotatable bonds is 4. The maximum absolute atomic E-state index is 11.0. The molecule has 0 spiro atoms. The lowest BCUT2D eigenvalue weighted by molar-refractivity contribution is -0.135. The molecule has 0 unspecified atom stereocenters. The fourth-order valence-corrected chi connectivity index (χ4v) is 1.01. The summed E-state index contributed by atoms with van der Waals surface area (Å²) in [6.07, 6.45) is 0. The van der Waals surface area contributed by atoms with E-state index in [9.17, 15) is 4.79 Å². The Balaban J connectivity index is 2.11. The Morgan fingerprint density at radius 3 is 2.92 bits per heavy atom. The zero-order chi connectivity index (χ0) is 9.73. The number of amides is 1. The van der Waals surface area contributed by atoms with Crippen LogP contribution < -0.4 is 10.6 Å². The Bertz CT molecular complexity index is 230. The second-order valence-electron chi connectivity index (χ2n) is 3.28. The van der Waals surface area contributed by atoms with Gasteiger partial charge in [0.1, 0.15) is 13.2 Å². The Kier molecular flexibility index (Phi) is 3.23. The highest BCUT2D eigenvalue weighted by Crippen LogP contribution is 2.14. The summed E-state index contributed by atoms with van der Waals surface area (Å²) >= 11 is 0. The molecule has 0 aromatic rings. The summed E-state index contributed by atoms with van der Waals surface area (Å²) in [6.45, 7) is 3.56. The molecule has 1 rings (SSSR count). The van der Waals surface area contributed by atoms with E-state index in [0.717, 1.165) is 13.1 Å². The standard InChI is InChI=1S/C8H13N3O2/c1-8(5-10-6-8)13-4-7(12)11-3-2-9/h10H,3-6H2,1H3,(H,11,12). The summed E-state index contributed by atoms with van der Waals surface area (Å²) in [5, 5.41) is 13.7. The smallest absolute Gasteiger partial charge is 0.246 e.